The van der Waals surface area contributed by atoms with E-state index in [0.29, 0.717) is 0 Å². The smallest absolute Gasteiger partial charge is 0.331 e. The van der Waals surface area contributed by atoms with Crippen LogP contribution in [0.3, 0.4) is 0 Å². The van der Waals surface area contributed by atoms with Crippen LogP contribution >= 0.6 is 11.8 Å². The lowest BCUT2D eigenvalue weighted by atomic mass is 9.82. The van der Waals surface area contributed by atoms with E-state index in [0.717, 1.165) is 10.5 Å². The number of allylic oxidation sites excluding steroid dienone is 2. The zero-order valence-electron chi connectivity index (χ0n) is 14.6. The van der Waals surface area contributed by atoms with Gasteiger partial charge in [0.05, 0.1) is 0 Å². The number of aliphatic carboxylic acids is 2. The monoisotopic (exact) mass is 362 g/mol. The van der Waals surface area contributed by atoms with Crippen LogP contribution in [0, 0.1) is 12.8 Å². The van der Waals surface area contributed by atoms with Crippen molar-refractivity contribution < 1.29 is 24.6 Å². The highest BCUT2D eigenvalue weighted by Crippen LogP contribution is 2.45. The van der Waals surface area contributed by atoms with E-state index in [1.54, 1.807) is 13.0 Å². The Labute approximate surface area is 151 Å². The molecule has 1 aliphatic carbocycles. The maximum Gasteiger partial charge on any atom is 0.331 e. The Morgan fingerprint density at radius 1 is 1.08 bits per heavy atom. The molecule has 0 saturated heterocycles. The van der Waals surface area contributed by atoms with Gasteiger partial charge in [0.15, 0.2) is 0 Å². The molecule has 5 nitrogen and oxygen atoms in total. The predicted octanol–water partition coefficient (Wildman–Crippen LogP) is 3.72. The second kappa shape index (κ2) is 8.67. The van der Waals surface area contributed by atoms with Crippen molar-refractivity contribution in [3.8, 4) is 0 Å². The van der Waals surface area contributed by atoms with Gasteiger partial charge in [0, 0.05) is 16.4 Å². The molecule has 0 amide bonds. The van der Waals surface area contributed by atoms with Gasteiger partial charge in [-0.05, 0) is 32.9 Å². The lowest BCUT2D eigenvalue weighted by Gasteiger charge is -2.34. The van der Waals surface area contributed by atoms with E-state index in [1.807, 2.05) is 31.2 Å². The van der Waals surface area contributed by atoms with Crippen LogP contribution in [0.25, 0.3) is 0 Å². The van der Waals surface area contributed by atoms with Gasteiger partial charge in [-0.15, -0.1) is 11.8 Å². The van der Waals surface area contributed by atoms with Gasteiger partial charge in [-0.3, -0.25) is 4.79 Å². The standard InChI is InChI=1S/C16H16O4S.C3H6O/c1-10-5-7-12(8-6-10)21-16(15(19)20)9-3-4-13(11(16)2)14(17)18;1-3(2)4/h3-9,11H,1-2H3,(H,17,18)(H,19,20);1-2H3. The summed E-state index contributed by atoms with van der Waals surface area (Å²) < 4.78 is -1.31. The minimum atomic E-state index is -1.31. The van der Waals surface area contributed by atoms with Crippen molar-refractivity contribution in [2.45, 2.75) is 37.3 Å². The summed E-state index contributed by atoms with van der Waals surface area (Å²) in [6, 6.07) is 7.51. The zero-order valence-corrected chi connectivity index (χ0v) is 15.5. The molecule has 0 aliphatic heterocycles. The van der Waals surface area contributed by atoms with Gasteiger partial charge in [0.1, 0.15) is 10.5 Å². The van der Waals surface area contributed by atoms with Crippen molar-refractivity contribution in [1.82, 2.24) is 0 Å². The number of Topliss-reactive ketones (excluding diaryl/α,β-unsaturated/α-hetero) is 1. The van der Waals surface area contributed by atoms with Crippen LogP contribution in [0.1, 0.15) is 26.3 Å². The number of carbonyl (C=O) groups excluding carboxylic acids is 1. The topological polar surface area (TPSA) is 91.7 Å². The summed E-state index contributed by atoms with van der Waals surface area (Å²) in [7, 11) is 0. The van der Waals surface area contributed by atoms with E-state index >= 15 is 0 Å². The van der Waals surface area contributed by atoms with Crippen molar-refractivity contribution in [2.24, 2.45) is 5.92 Å². The van der Waals surface area contributed by atoms with E-state index < -0.39 is 22.6 Å². The average Bonchev–Trinajstić information content (AvgIpc) is 2.50. The first-order valence-electron chi connectivity index (χ1n) is 7.69. The Morgan fingerprint density at radius 3 is 2.04 bits per heavy atom. The Morgan fingerprint density at radius 2 is 1.60 bits per heavy atom. The average molecular weight is 362 g/mol. The molecule has 0 radical (unpaired) electrons. The van der Waals surface area contributed by atoms with Crippen molar-refractivity contribution in [3.05, 3.63) is 53.6 Å². The van der Waals surface area contributed by atoms with Gasteiger partial charge in [0.25, 0.3) is 0 Å². The van der Waals surface area contributed by atoms with Gasteiger partial charge in [-0.25, -0.2) is 4.79 Å². The molecule has 1 aromatic rings. The first-order valence-corrected chi connectivity index (χ1v) is 8.50. The van der Waals surface area contributed by atoms with Gasteiger partial charge < -0.3 is 15.0 Å². The third-order valence-electron chi connectivity index (χ3n) is 3.62. The summed E-state index contributed by atoms with van der Waals surface area (Å²) in [4.78, 5) is 33.3. The molecule has 0 bridgehead atoms. The Kier molecular flexibility index (Phi) is 7.18. The fourth-order valence-electron chi connectivity index (χ4n) is 2.29. The minimum absolute atomic E-state index is 0.111. The van der Waals surface area contributed by atoms with E-state index in [9.17, 15) is 24.6 Å². The molecule has 1 aliphatic rings. The van der Waals surface area contributed by atoms with Gasteiger partial charge in [-0.2, -0.15) is 0 Å². The minimum Gasteiger partial charge on any atom is -0.480 e. The summed E-state index contributed by atoms with van der Waals surface area (Å²) in [5, 5.41) is 18.9. The molecule has 2 rings (SSSR count). The third kappa shape index (κ3) is 5.32. The van der Waals surface area contributed by atoms with E-state index in [4.69, 9.17) is 0 Å². The molecule has 2 unspecified atom stereocenters. The first kappa shape index (κ1) is 20.7. The summed E-state index contributed by atoms with van der Waals surface area (Å²) in [5.74, 6) is -2.59. The molecule has 0 saturated carbocycles. The second-order valence-corrected chi connectivity index (χ2v) is 7.28. The Balaban J connectivity index is 0.000000705. The summed E-state index contributed by atoms with van der Waals surface area (Å²) in [5.41, 5.74) is 1.20. The molecule has 6 heteroatoms. The molecule has 2 N–H and O–H groups in total. The van der Waals surface area contributed by atoms with E-state index in [-0.39, 0.29) is 11.4 Å². The highest BCUT2D eigenvalue weighted by molar-refractivity contribution is 8.01. The van der Waals surface area contributed by atoms with Gasteiger partial charge in [-0.1, -0.05) is 42.8 Å². The number of benzene rings is 1. The largest absolute Gasteiger partial charge is 0.480 e. The van der Waals surface area contributed by atoms with E-state index in [1.165, 1.54) is 37.8 Å². The number of carboxylic acid groups (broad SMARTS) is 2. The molecular formula is C19H22O5S. The van der Waals surface area contributed by atoms with Crippen LogP contribution < -0.4 is 0 Å². The Bertz CT molecular complexity index is 714. The molecule has 0 heterocycles. The number of ketones is 1. The number of hydrogen-bond donors (Lipinski definition) is 2. The molecule has 0 spiro atoms. The fraction of sp³-hybridized carbons (Fsp3) is 0.316. The van der Waals surface area contributed by atoms with Crippen LogP contribution in [-0.2, 0) is 14.4 Å². The van der Waals surface area contributed by atoms with Gasteiger partial charge >= 0.3 is 11.9 Å². The second-order valence-electron chi connectivity index (χ2n) is 5.93. The zero-order chi connectivity index (χ0) is 19.2. The number of aryl methyl sites for hydroxylation is 1. The maximum atomic E-state index is 11.8. The normalized spacial score (nSPS) is 21.6. The number of rotatable bonds is 4. The SMILES string of the molecule is CC(C)=O.Cc1ccc(SC2(C(=O)O)C=CC=C(C(=O)O)C2C)cc1. The Hall–Kier alpha value is -2.34. The summed E-state index contributed by atoms with van der Waals surface area (Å²) in [6.45, 7) is 6.65. The molecule has 0 fully saturated rings. The molecular weight excluding hydrogens is 340 g/mol. The van der Waals surface area contributed by atoms with E-state index in [2.05, 4.69) is 0 Å². The van der Waals surface area contributed by atoms with Crippen LogP contribution in [0.15, 0.2) is 53.0 Å². The van der Waals surface area contributed by atoms with Crippen molar-refractivity contribution >= 4 is 29.5 Å². The molecule has 2 atom stereocenters. The predicted molar refractivity (Wildman–Crippen MR) is 97.8 cm³/mol. The van der Waals surface area contributed by atoms with Crippen LogP contribution in [0.5, 0.6) is 0 Å². The number of carbonyl (C=O) groups is 3. The molecule has 134 valence electrons. The lowest BCUT2D eigenvalue weighted by Crippen LogP contribution is -2.43. The van der Waals surface area contributed by atoms with Gasteiger partial charge in [0.2, 0.25) is 0 Å². The molecule has 25 heavy (non-hydrogen) atoms. The fourth-order valence-corrected chi connectivity index (χ4v) is 3.49. The highest BCUT2D eigenvalue weighted by Gasteiger charge is 2.47. The van der Waals surface area contributed by atoms with Crippen LogP contribution in [0.4, 0.5) is 0 Å². The first-order chi connectivity index (χ1) is 11.6. The van der Waals surface area contributed by atoms with Crippen molar-refractivity contribution in [3.63, 3.8) is 0 Å². The lowest BCUT2D eigenvalue weighted by molar-refractivity contribution is -0.139. The van der Waals surface area contributed by atoms with Crippen molar-refractivity contribution in [1.29, 1.82) is 0 Å². The number of thioether (sulfide) groups is 1. The maximum absolute atomic E-state index is 11.8. The molecule has 0 aromatic heterocycles. The molecule has 1 aromatic carbocycles. The quantitative estimate of drug-likeness (QED) is 0.848. The summed E-state index contributed by atoms with van der Waals surface area (Å²) in [6.07, 6.45) is 4.54. The summed E-state index contributed by atoms with van der Waals surface area (Å²) >= 11 is 1.17. The third-order valence-corrected chi connectivity index (χ3v) is 5.13. The van der Waals surface area contributed by atoms with Crippen LogP contribution in [0.2, 0.25) is 0 Å². The van der Waals surface area contributed by atoms with Crippen molar-refractivity contribution in [2.75, 3.05) is 0 Å². The highest BCUT2D eigenvalue weighted by atomic mass is 32.2. The number of hydrogen-bond acceptors (Lipinski definition) is 4. The van der Waals surface area contributed by atoms with Crippen LogP contribution in [-0.4, -0.2) is 32.7 Å². The number of carboxylic acids is 2.